The highest BCUT2D eigenvalue weighted by molar-refractivity contribution is 5.94. The molecule has 1 heterocycles. The van der Waals surface area contributed by atoms with Crippen LogP contribution in [0.1, 0.15) is 118 Å². The van der Waals surface area contributed by atoms with Crippen LogP contribution in [0.25, 0.3) is 0 Å². The zero-order valence-corrected chi connectivity index (χ0v) is 18.8. The number of fused-ring (bicyclic) bond motifs is 1. The van der Waals surface area contributed by atoms with E-state index in [9.17, 15) is 4.79 Å². The lowest BCUT2D eigenvalue weighted by atomic mass is 9.48. The van der Waals surface area contributed by atoms with E-state index in [4.69, 9.17) is 5.10 Å². The molecule has 164 valence electrons. The summed E-state index contributed by atoms with van der Waals surface area (Å²) in [6.45, 7) is 2.30. The van der Waals surface area contributed by atoms with Gasteiger partial charge in [-0.15, -0.1) is 0 Å². The van der Waals surface area contributed by atoms with Crippen molar-refractivity contribution in [2.24, 2.45) is 23.2 Å². The van der Waals surface area contributed by atoms with Crippen LogP contribution in [-0.2, 0) is 12.8 Å². The highest BCUT2D eigenvalue weighted by Gasteiger charge is 2.53. The van der Waals surface area contributed by atoms with E-state index in [1.807, 2.05) is 0 Å². The van der Waals surface area contributed by atoms with Crippen LogP contribution in [0.3, 0.4) is 0 Å². The molecule has 1 amide bonds. The van der Waals surface area contributed by atoms with Crippen LogP contribution in [0.4, 0.5) is 0 Å². The lowest BCUT2D eigenvalue weighted by molar-refractivity contribution is -0.0688. The van der Waals surface area contributed by atoms with Gasteiger partial charge < -0.3 is 5.32 Å². The highest BCUT2D eigenvalue weighted by atomic mass is 16.2. The smallest absolute Gasteiger partial charge is 0.272 e. The van der Waals surface area contributed by atoms with Crippen molar-refractivity contribution >= 4 is 5.91 Å². The number of nitrogens with zero attached hydrogens (tertiary/aromatic N) is 2. The van der Waals surface area contributed by atoms with Gasteiger partial charge in [-0.05, 0) is 107 Å². The largest absolute Gasteiger partial charge is 0.348 e. The molecule has 1 aromatic rings. The maximum Gasteiger partial charge on any atom is 0.272 e. The zero-order valence-electron chi connectivity index (χ0n) is 18.8. The first kappa shape index (κ1) is 19.4. The standard InChI is InChI=1S/C26H39N3O/c1-17(26-14-18-11-19(15-26)13-20(12-18)16-26)27-25(30)24-22-9-5-6-10-23(22)29(28-24)21-7-3-2-4-8-21/h17-21H,2-16H2,1H3,(H,27,30). The number of nitrogens with one attached hydrogen (secondary N) is 1. The molecule has 1 aromatic heterocycles. The monoisotopic (exact) mass is 409 g/mol. The third-order valence-corrected chi connectivity index (χ3v) is 9.70. The maximum absolute atomic E-state index is 13.5. The molecule has 4 bridgehead atoms. The Balaban J connectivity index is 1.24. The number of carbonyl (C=O) groups excluding carboxylic acids is 1. The summed E-state index contributed by atoms with van der Waals surface area (Å²) in [6.07, 6.45) is 19.4. The third kappa shape index (κ3) is 3.15. The molecule has 0 spiro atoms. The second-order valence-electron chi connectivity index (χ2n) is 11.7. The van der Waals surface area contributed by atoms with Crippen molar-refractivity contribution in [2.45, 2.75) is 115 Å². The Labute approximate surface area is 181 Å². The van der Waals surface area contributed by atoms with Crippen LogP contribution in [0.2, 0.25) is 0 Å². The van der Waals surface area contributed by atoms with Gasteiger partial charge in [0.15, 0.2) is 5.69 Å². The van der Waals surface area contributed by atoms with Crippen molar-refractivity contribution in [3.05, 3.63) is 17.0 Å². The lowest BCUT2D eigenvalue weighted by Gasteiger charge is -2.59. The summed E-state index contributed by atoms with van der Waals surface area (Å²) in [4.78, 5) is 13.5. The number of carbonyl (C=O) groups is 1. The van der Waals surface area contributed by atoms with Gasteiger partial charge >= 0.3 is 0 Å². The average molecular weight is 410 g/mol. The predicted molar refractivity (Wildman–Crippen MR) is 119 cm³/mol. The summed E-state index contributed by atoms with van der Waals surface area (Å²) >= 11 is 0. The number of amides is 1. The van der Waals surface area contributed by atoms with E-state index in [0.29, 0.717) is 11.5 Å². The Kier molecular flexibility index (Phi) is 4.76. The summed E-state index contributed by atoms with van der Waals surface area (Å²) in [5.41, 5.74) is 3.80. The first-order chi connectivity index (χ1) is 14.6. The number of aromatic nitrogens is 2. The van der Waals surface area contributed by atoms with Gasteiger partial charge in [0.2, 0.25) is 0 Å². The van der Waals surface area contributed by atoms with Crippen LogP contribution >= 0.6 is 0 Å². The third-order valence-electron chi connectivity index (χ3n) is 9.70. The Bertz CT molecular complexity index is 783. The van der Waals surface area contributed by atoms with Gasteiger partial charge in [-0.3, -0.25) is 9.48 Å². The fourth-order valence-corrected chi connectivity index (χ4v) is 8.56. The van der Waals surface area contributed by atoms with Gasteiger partial charge in [0.1, 0.15) is 0 Å². The summed E-state index contributed by atoms with van der Waals surface area (Å²) < 4.78 is 2.30. The van der Waals surface area contributed by atoms with Crippen LogP contribution in [0, 0.1) is 23.2 Å². The van der Waals surface area contributed by atoms with Gasteiger partial charge in [-0.1, -0.05) is 19.3 Å². The van der Waals surface area contributed by atoms with Crippen molar-refractivity contribution in [3.8, 4) is 0 Å². The Morgan fingerprint density at radius 2 is 1.60 bits per heavy atom. The molecule has 0 radical (unpaired) electrons. The molecule has 5 saturated carbocycles. The van der Waals surface area contributed by atoms with Gasteiger partial charge in [-0.25, -0.2) is 0 Å². The summed E-state index contributed by atoms with van der Waals surface area (Å²) in [5.74, 6) is 2.89. The molecule has 6 aliphatic rings. The summed E-state index contributed by atoms with van der Waals surface area (Å²) in [6, 6.07) is 0.796. The van der Waals surface area contributed by atoms with Gasteiger partial charge in [0, 0.05) is 17.3 Å². The molecule has 1 unspecified atom stereocenters. The molecule has 0 saturated heterocycles. The Hall–Kier alpha value is -1.32. The van der Waals surface area contributed by atoms with E-state index in [-0.39, 0.29) is 11.9 Å². The van der Waals surface area contributed by atoms with E-state index < -0.39 is 0 Å². The van der Waals surface area contributed by atoms with Crippen molar-refractivity contribution in [3.63, 3.8) is 0 Å². The van der Waals surface area contributed by atoms with Gasteiger partial charge in [-0.2, -0.15) is 5.10 Å². The molecular formula is C26H39N3O. The van der Waals surface area contributed by atoms with E-state index in [1.54, 1.807) is 0 Å². The van der Waals surface area contributed by atoms with Crippen molar-refractivity contribution < 1.29 is 4.79 Å². The Morgan fingerprint density at radius 1 is 0.967 bits per heavy atom. The summed E-state index contributed by atoms with van der Waals surface area (Å²) in [7, 11) is 0. The molecule has 0 aliphatic heterocycles. The van der Waals surface area contributed by atoms with E-state index in [0.717, 1.165) is 36.3 Å². The fourth-order valence-electron chi connectivity index (χ4n) is 8.56. The SMILES string of the molecule is CC(NC(=O)c1nn(C2CCCCC2)c2c1CCCC2)C12CC3CC(CC(C3)C1)C2. The van der Waals surface area contributed by atoms with Crippen molar-refractivity contribution in [2.75, 3.05) is 0 Å². The predicted octanol–water partition coefficient (Wildman–Crippen LogP) is 5.60. The maximum atomic E-state index is 13.5. The van der Waals surface area contributed by atoms with E-state index in [1.165, 1.54) is 94.7 Å². The highest BCUT2D eigenvalue weighted by Crippen LogP contribution is 2.61. The number of hydrogen-bond acceptors (Lipinski definition) is 2. The second-order valence-corrected chi connectivity index (χ2v) is 11.7. The minimum Gasteiger partial charge on any atom is -0.348 e. The van der Waals surface area contributed by atoms with Crippen LogP contribution in [-0.4, -0.2) is 21.7 Å². The normalized spacial score (nSPS) is 36.5. The van der Waals surface area contributed by atoms with Gasteiger partial charge in [0.05, 0.1) is 6.04 Å². The van der Waals surface area contributed by atoms with Crippen LogP contribution < -0.4 is 5.32 Å². The van der Waals surface area contributed by atoms with E-state index >= 15 is 0 Å². The number of hydrogen-bond donors (Lipinski definition) is 1. The molecule has 4 heteroatoms. The minimum atomic E-state index is 0.117. The molecule has 5 fully saturated rings. The van der Waals surface area contributed by atoms with E-state index in [2.05, 4.69) is 16.9 Å². The molecule has 0 aromatic carbocycles. The van der Waals surface area contributed by atoms with Gasteiger partial charge in [0.25, 0.3) is 5.91 Å². The molecule has 6 aliphatic carbocycles. The lowest BCUT2D eigenvalue weighted by Crippen LogP contribution is -2.55. The first-order valence-corrected chi connectivity index (χ1v) is 13.0. The van der Waals surface area contributed by atoms with Crippen molar-refractivity contribution in [1.82, 2.24) is 15.1 Å². The molecule has 1 atom stereocenters. The average Bonchev–Trinajstić information content (AvgIpc) is 3.13. The molecule has 30 heavy (non-hydrogen) atoms. The molecule has 1 N–H and O–H groups in total. The Morgan fingerprint density at radius 3 is 2.27 bits per heavy atom. The zero-order chi connectivity index (χ0) is 20.3. The topological polar surface area (TPSA) is 46.9 Å². The first-order valence-electron chi connectivity index (χ1n) is 13.0. The van der Waals surface area contributed by atoms with Crippen LogP contribution in [0.15, 0.2) is 0 Å². The number of rotatable bonds is 4. The summed E-state index contributed by atoms with van der Waals surface area (Å²) in [5, 5.41) is 8.52. The quantitative estimate of drug-likeness (QED) is 0.703. The molecule has 7 rings (SSSR count). The fraction of sp³-hybridized carbons (Fsp3) is 0.846. The van der Waals surface area contributed by atoms with Crippen LogP contribution in [0.5, 0.6) is 0 Å². The minimum absolute atomic E-state index is 0.117. The molecular weight excluding hydrogens is 370 g/mol. The van der Waals surface area contributed by atoms with Crippen molar-refractivity contribution in [1.29, 1.82) is 0 Å². The molecule has 4 nitrogen and oxygen atoms in total. The second kappa shape index (κ2) is 7.38.